The van der Waals surface area contributed by atoms with Crippen LogP contribution in [0.3, 0.4) is 0 Å². The second-order valence-corrected chi connectivity index (χ2v) is 6.30. The van der Waals surface area contributed by atoms with Gasteiger partial charge in [0.05, 0.1) is 0 Å². The normalized spacial score (nSPS) is 15.2. The van der Waals surface area contributed by atoms with Gasteiger partial charge in [0.2, 0.25) is 5.91 Å². The van der Waals surface area contributed by atoms with Crippen LogP contribution < -0.4 is 0 Å². The van der Waals surface area contributed by atoms with Crippen LogP contribution >= 0.6 is 0 Å². The van der Waals surface area contributed by atoms with E-state index in [4.69, 9.17) is 5.11 Å². The van der Waals surface area contributed by atoms with Crippen molar-refractivity contribution in [1.29, 1.82) is 0 Å². The number of halogens is 1. The zero-order valence-corrected chi connectivity index (χ0v) is 14.3. The Hall–Kier alpha value is -2.74. The third-order valence-corrected chi connectivity index (χ3v) is 4.46. The summed E-state index contributed by atoms with van der Waals surface area (Å²) in [4.78, 5) is 27.2. The van der Waals surface area contributed by atoms with Gasteiger partial charge in [0.1, 0.15) is 5.82 Å². The Labute approximate surface area is 150 Å². The number of carboxylic acids is 1. The molecule has 0 unspecified atom stereocenters. The molecular weight excluding hydrogens is 339 g/mol. The van der Waals surface area contributed by atoms with Gasteiger partial charge in [-0.2, -0.15) is 5.10 Å². The Bertz CT molecular complexity index is 767. The summed E-state index contributed by atoms with van der Waals surface area (Å²) in [6.07, 6.45) is 1.86. The molecule has 0 radical (unpaired) electrons. The van der Waals surface area contributed by atoms with Crippen molar-refractivity contribution in [3.63, 3.8) is 0 Å². The van der Waals surface area contributed by atoms with E-state index in [1.165, 1.54) is 22.9 Å². The van der Waals surface area contributed by atoms with E-state index in [1.54, 1.807) is 18.3 Å². The van der Waals surface area contributed by atoms with E-state index in [-0.39, 0.29) is 17.4 Å². The lowest BCUT2D eigenvalue weighted by Crippen LogP contribution is -2.48. The Morgan fingerprint density at radius 2 is 1.77 bits per heavy atom. The van der Waals surface area contributed by atoms with Crippen molar-refractivity contribution >= 4 is 11.9 Å². The average Bonchev–Trinajstić information content (AvgIpc) is 3.12. The molecule has 1 fully saturated rings. The van der Waals surface area contributed by atoms with Crippen molar-refractivity contribution in [3.8, 4) is 0 Å². The summed E-state index contributed by atoms with van der Waals surface area (Å²) in [5, 5.41) is 12.8. The van der Waals surface area contributed by atoms with E-state index >= 15 is 0 Å². The molecule has 0 bridgehead atoms. The molecule has 1 aliphatic rings. The molecule has 1 amide bonds. The fourth-order valence-corrected chi connectivity index (χ4v) is 2.97. The minimum atomic E-state index is -1.08. The van der Waals surface area contributed by atoms with E-state index in [1.807, 2.05) is 4.90 Å². The zero-order valence-electron chi connectivity index (χ0n) is 14.3. The molecule has 1 aliphatic heterocycles. The number of carbonyl (C=O) groups is 2. The Morgan fingerprint density at radius 1 is 1.08 bits per heavy atom. The largest absolute Gasteiger partial charge is 0.476 e. The van der Waals surface area contributed by atoms with Crippen LogP contribution in [-0.2, 0) is 17.9 Å². The Kier molecular flexibility index (Phi) is 5.62. The fraction of sp³-hybridized carbons (Fsp3) is 0.389. The predicted octanol–water partition coefficient (Wildman–Crippen LogP) is 1.45. The highest BCUT2D eigenvalue weighted by atomic mass is 19.1. The molecule has 3 rings (SSSR count). The Morgan fingerprint density at radius 3 is 2.38 bits per heavy atom. The van der Waals surface area contributed by atoms with E-state index in [0.717, 1.165) is 25.2 Å². The molecule has 0 saturated carbocycles. The van der Waals surface area contributed by atoms with Gasteiger partial charge in [-0.1, -0.05) is 12.1 Å². The van der Waals surface area contributed by atoms with E-state index < -0.39 is 5.97 Å². The number of carboxylic acid groups (broad SMARTS) is 1. The number of benzene rings is 1. The number of rotatable bonds is 6. The molecule has 8 heteroatoms. The first-order valence-corrected chi connectivity index (χ1v) is 8.52. The summed E-state index contributed by atoms with van der Waals surface area (Å²) in [7, 11) is 0. The first kappa shape index (κ1) is 18.1. The standard InChI is InChI=1S/C18H21FN4O3/c19-15-3-1-14(2-4-15)13-21-9-11-22(12-10-21)17(24)6-8-23-7-5-16(20-23)18(25)26/h1-5,7H,6,8-13H2,(H,25,26). The molecule has 0 spiro atoms. The molecule has 7 nitrogen and oxygen atoms in total. The van der Waals surface area contributed by atoms with E-state index in [9.17, 15) is 14.0 Å². The van der Waals surface area contributed by atoms with Gasteiger partial charge in [-0.25, -0.2) is 9.18 Å². The first-order valence-electron chi connectivity index (χ1n) is 8.52. The third kappa shape index (κ3) is 4.66. The predicted molar refractivity (Wildman–Crippen MR) is 92.1 cm³/mol. The van der Waals surface area contributed by atoms with Gasteiger partial charge in [-0.15, -0.1) is 0 Å². The minimum absolute atomic E-state index is 0.0214. The Balaban J connectivity index is 1.42. The van der Waals surface area contributed by atoms with Gasteiger partial charge in [-0.05, 0) is 23.8 Å². The summed E-state index contributed by atoms with van der Waals surface area (Å²) in [6, 6.07) is 7.89. The zero-order chi connectivity index (χ0) is 18.5. The number of aromatic nitrogens is 2. The summed E-state index contributed by atoms with van der Waals surface area (Å²) < 4.78 is 14.4. The number of aromatic carboxylic acids is 1. The van der Waals surface area contributed by atoms with Crippen LogP contribution in [0.4, 0.5) is 4.39 Å². The van der Waals surface area contributed by atoms with Crippen LogP contribution in [-0.4, -0.2) is 62.7 Å². The topological polar surface area (TPSA) is 78.7 Å². The maximum atomic E-state index is 12.9. The van der Waals surface area contributed by atoms with Crippen molar-refractivity contribution in [1.82, 2.24) is 19.6 Å². The number of amides is 1. The number of hydrogen-bond donors (Lipinski definition) is 1. The minimum Gasteiger partial charge on any atom is -0.476 e. The highest BCUT2D eigenvalue weighted by Crippen LogP contribution is 2.10. The highest BCUT2D eigenvalue weighted by Gasteiger charge is 2.21. The van der Waals surface area contributed by atoms with Gasteiger partial charge in [0.25, 0.3) is 0 Å². The molecule has 26 heavy (non-hydrogen) atoms. The number of piperazine rings is 1. The molecular formula is C18H21FN4O3. The average molecular weight is 360 g/mol. The molecule has 1 aromatic heterocycles. The van der Waals surface area contributed by atoms with Crippen molar-refractivity contribution in [2.24, 2.45) is 0 Å². The maximum Gasteiger partial charge on any atom is 0.356 e. The molecule has 1 N–H and O–H groups in total. The molecule has 138 valence electrons. The van der Waals surface area contributed by atoms with Gasteiger partial charge in [0.15, 0.2) is 5.69 Å². The molecule has 2 aromatic rings. The van der Waals surface area contributed by atoms with Crippen LogP contribution in [0.2, 0.25) is 0 Å². The molecule has 2 heterocycles. The SMILES string of the molecule is O=C(O)c1ccn(CCC(=O)N2CCN(Cc3ccc(F)cc3)CC2)n1. The van der Waals surface area contributed by atoms with Crippen molar-refractivity contribution < 1.29 is 19.1 Å². The van der Waals surface area contributed by atoms with Crippen LogP contribution in [0.1, 0.15) is 22.5 Å². The lowest BCUT2D eigenvalue weighted by atomic mass is 10.2. The van der Waals surface area contributed by atoms with E-state index in [0.29, 0.717) is 26.1 Å². The van der Waals surface area contributed by atoms with Crippen molar-refractivity contribution in [2.45, 2.75) is 19.5 Å². The summed E-state index contributed by atoms with van der Waals surface area (Å²) >= 11 is 0. The van der Waals surface area contributed by atoms with Gasteiger partial charge in [0, 0.05) is 51.9 Å². The molecule has 1 aromatic carbocycles. The lowest BCUT2D eigenvalue weighted by Gasteiger charge is -2.34. The first-order chi connectivity index (χ1) is 12.5. The monoisotopic (exact) mass is 360 g/mol. The van der Waals surface area contributed by atoms with Gasteiger partial charge in [-0.3, -0.25) is 14.4 Å². The van der Waals surface area contributed by atoms with Crippen molar-refractivity contribution in [3.05, 3.63) is 53.6 Å². The van der Waals surface area contributed by atoms with Gasteiger partial charge < -0.3 is 10.0 Å². The summed E-state index contributed by atoms with van der Waals surface area (Å²) in [6.45, 7) is 3.95. The summed E-state index contributed by atoms with van der Waals surface area (Å²) in [5.41, 5.74) is 1.03. The fourth-order valence-electron chi connectivity index (χ4n) is 2.97. The number of aryl methyl sites for hydroxylation is 1. The summed E-state index contributed by atoms with van der Waals surface area (Å²) in [5.74, 6) is -1.28. The quantitative estimate of drug-likeness (QED) is 0.844. The maximum absolute atomic E-state index is 12.9. The van der Waals surface area contributed by atoms with Crippen LogP contribution in [0.15, 0.2) is 36.5 Å². The van der Waals surface area contributed by atoms with Crippen LogP contribution in [0.5, 0.6) is 0 Å². The molecule has 1 saturated heterocycles. The van der Waals surface area contributed by atoms with E-state index in [2.05, 4.69) is 10.00 Å². The smallest absolute Gasteiger partial charge is 0.356 e. The van der Waals surface area contributed by atoms with Crippen molar-refractivity contribution in [2.75, 3.05) is 26.2 Å². The van der Waals surface area contributed by atoms with Gasteiger partial charge >= 0.3 is 5.97 Å². The number of hydrogen-bond acceptors (Lipinski definition) is 4. The number of nitrogens with zero attached hydrogens (tertiary/aromatic N) is 4. The second-order valence-electron chi connectivity index (χ2n) is 6.30. The third-order valence-electron chi connectivity index (χ3n) is 4.46. The number of carbonyl (C=O) groups excluding carboxylic acids is 1. The van der Waals surface area contributed by atoms with Crippen LogP contribution in [0.25, 0.3) is 0 Å². The lowest BCUT2D eigenvalue weighted by molar-refractivity contribution is -0.133. The second kappa shape index (κ2) is 8.09. The molecule has 0 aliphatic carbocycles. The highest BCUT2D eigenvalue weighted by molar-refractivity contribution is 5.85. The molecule has 0 atom stereocenters. The van der Waals surface area contributed by atoms with Crippen LogP contribution in [0, 0.1) is 5.82 Å².